The minimum Gasteiger partial charge on any atom is -0.455 e. The summed E-state index contributed by atoms with van der Waals surface area (Å²) in [5.74, 6) is 1.74. The van der Waals surface area contributed by atoms with Gasteiger partial charge >= 0.3 is 0 Å². The average Bonchev–Trinajstić information content (AvgIpc) is 3.94. The molecule has 57 heavy (non-hydrogen) atoms. The molecule has 0 saturated carbocycles. The van der Waals surface area contributed by atoms with Crippen LogP contribution in [0, 0.1) is 0 Å². The third kappa shape index (κ3) is 4.87. The molecule has 6 heteroatoms. The van der Waals surface area contributed by atoms with Crippen LogP contribution in [0.25, 0.3) is 111 Å². The predicted octanol–water partition coefficient (Wildman–Crippen LogP) is 13.0. The standard InChI is InChI=1S/C51H31N5O/c1-3-14-32(15-4-1)34-18-13-19-36(30-34)55-44-25-12-9-22-41(44)47-45(55)29-28-40-39-27-26-35(31-46(39)57-48(40)47)50-52-49(33-16-5-2-6-17-33)53-51(54-50)56-42-23-10-7-20-37(42)38-21-8-11-24-43(38)56/h1-31H. The monoisotopic (exact) mass is 729 g/mol. The maximum atomic E-state index is 6.92. The number of para-hydroxylation sites is 3. The fraction of sp³-hybridized carbons (Fsp3) is 0. The van der Waals surface area contributed by atoms with Crippen molar-refractivity contribution < 1.29 is 4.42 Å². The SMILES string of the molecule is c1ccc(-c2cccc(-n3c4ccccc4c4c5oc6cc(-c7nc(-c8ccccc8)nc(-n8c9ccccc9c9ccccc98)n7)ccc6c5ccc43)c2)cc1. The van der Waals surface area contributed by atoms with Crippen LogP contribution in [0.15, 0.2) is 192 Å². The van der Waals surface area contributed by atoms with Gasteiger partial charge in [0, 0.05) is 43.7 Å². The lowest BCUT2D eigenvalue weighted by Gasteiger charge is -2.10. The van der Waals surface area contributed by atoms with E-state index in [2.05, 4.69) is 167 Å². The van der Waals surface area contributed by atoms with Gasteiger partial charge in [-0.2, -0.15) is 9.97 Å². The average molecular weight is 730 g/mol. The number of aromatic nitrogens is 5. The van der Waals surface area contributed by atoms with E-state index in [0.29, 0.717) is 17.6 Å². The van der Waals surface area contributed by atoms with Gasteiger partial charge in [-0.05, 0) is 65.7 Å². The van der Waals surface area contributed by atoms with Gasteiger partial charge in [0.25, 0.3) is 0 Å². The summed E-state index contributed by atoms with van der Waals surface area (Å²) in [6.07, 6.45) is 0. The number of hydrogen-bond donors (Lipinski definition) is 0. The molecule has 0 saturated heterocycles. The molecule has 266 valence electrons. The summed E-state index contributed by atoms with van der Waals surface area (Å²) in [7, 11) is 0. The summed E-state index contributed by atoms with van der Waals surface area (Å²) in [4.78, 5) is 15.4. The fourth-order valence-corrected chi connectivity index (χ4v) is 8.61. The van der Waals surface area contributed by atoms with Crippen LogP contribution >= 0.6 is 0 Å². The Kier molecular flexibility index (Phi) is 6.83. The summed E-state index contributed by atoms with van der Waals surface area (Å²) in [6.45, 7) is 0. The predicted molar refractivity (Wildman–Crippen MR) is 232 cm³/mol. The molecule has 0 fully saturated rings. The Morgan fingerprint density at radius 1 is 0.351 bits per heavy atom. The van der Waals surface area contributed by atoms with Crippen molar-refractivity contribution in [1.82, 2.24) is 24.1 Å². The second-order valence-corrected chi connectivity index (χ2v) is 14.4. The second-order valence-electron chi connectivity index (χ2n) is 14.4. The number of hydrogen-bond acceptors (Lipinski definition) is 4. The highest BCUT2D eigenvalue weighted by Gasteiger charge is 2.21. The van der Waals surface area contributed by atoms with E-state index in [4.69, 9.17) is 19.4 Å². The molecule has 0 radical (unpaired) electrons. The number of nitrogens with zero attached hydrogens (tertiary/aromatic N) is 5. The van der Waals surface area contributed by atoms with Crippen LogP contribution in [0.1, 0.15) is 0 Å². The first kappa shape index (κ1) is 31.5. The molecule has 0 unspecified atom stereocenters. The highest BCUT2D eigenvalue weighted by Crippen LogP contribution is 2.42. The maximum Gasteiger partial charge on any atom is 0.238 e. The van der Waals surface area contributed by atoms with Crippen molar-refractivity contribution in [2.24, 2.45) is 0 Å². The minimum absolute atomic E-state index is 0.562. The largest absolute Gasteiger partial charge is 0.455 e. The van der Waals surface area contributed by atoms with Gasteiger partial charge in [0.05, 0.1) is 27.5 Å². The molecule has 6 nitrogen and oxygen atoms in total. The van der Waals surface area contributed by atoms with E-state index in [1.54, 1.807) is 0 Å². The maximum absolute atomic E-state index is 6.92. The summed E-state index contributed by atoms with van der Waals surface area (Å²) in [6, 6.07) is 65.5. The van der Waals surface area contributed by atoms with Gasteiger partial charge in [0.1, 0.15) is 11.2 Å². The quantitative estimate of drug-likeness (QED) is 0.177. The number of rotatable bonds is 5. The zero-order valence-electron chi connectivity index (χ0n) is 30.5. The van der Waals surface area contributed by atoms with Crippen LogP contribution in [-0.2, 0) is 0 Å². The molecule has 0 N–H and O–H groups in total. The Hall–Kier alpha value is -7.83. The Bertz CT molecular complexity index is 3470. The highest BCUT2D eigenvalue weighted by molar-refractivity contribution is 6.24. The van der Waals surface area contributed by atoms with E-state index in [0.717, 1.165) is 82.4 Å². The third-order valence-corrected chi connectivity index (χ3v) is 11.2. The molecular weight excluding hydrogens is 699 g/mol. The fourth-order valence-electron chi connectivity index (χ4n) is 8.61. The molecule has 12 aromatic rings. The zero-order valence-corrected chi connectivity index (χ0v) is 30.5. The van der Waals surface area contributed by atoms with Gasteiger partial charge in [0.15, 0.2) is 11.6 Å². The zero-order chi connectivity index (χ0) is 37.5. The van der Waals surface area contributed by atoms with Crippen LogP contribution in [0.4, 0.5) is 0 Å². The molecule has 0 bridgehead atoms. The molecule has 0 spiro atoms. The van der Waals surface area contributed by atoms with E-state index in [-0.39, 0.29) is 0 Å². The number of furan rings is 1. The first-order valence-corrected chi connectivity index (χ1v) is 19.1. The van der Waals surface area contributed by atoms with Crippen LogP contribution in [0.5, 0.6) is 0 Å². The van der Waals surface area contributed by atoms with Crippen LogP contribution in [-0.4, -0.2) is 24.1 Å². The lowest BCUT2D eigenvalue weighted by molar-refractivity contribution is 0.673. The van der Waals surface area contributed by atoms with Crippen molar-refractivity contribution in [3.63, 3.8) is 0 Å². The Labute approximate surface area is 326 Å². The van der Waals surface area contributed by atoms with Gasteiger partial charge in [-0.3, -0.25) is 4.57 Å². The van der Waals surface area contributed by atoms with E-state index < -0.39 is 0 Å². The molecule has 8 aromatic carbocycles. The minimum atomic E-state index is 0.562. The molecule has 0 atom stereocenters. The Balaban J connectivity index is 1.06. The topological polar surface area (TPSA) is 61.7 Å². The van der Waals surface area contributed by atoms with Crippen LogP contribution in [0.3, 0.4) is 0 Å². The highest BCUT2D eigenvalue weighted by atomic mass is 16.3. The van der Waals surface area contributed by atoms with Crippen molar-refractivity contribution in [2.75, 3.05) is 0 Å². The molecule has 4 heterocycles. The first-order chi connectivity index (χ1) is 28.3. The molecule has 4 aromatic heterocycles. The molecule has 0 amide bonds. The smallest absolute Gasteiger partial charge is 0.238 e. The van der Waals surface area contributed by atoms with Gasteiger partial charge in [-0.25, -0.2) is 4.98 Å². The van der Waals surface area contributed by atoms with Gasteiger partial charge in [-0.15, -0.1) is 0 Å². The van der Waals surface area contributed by atoms with Gasteiger partial charge in [0.2, 0.25) is 5.95 Å². The van der Waals surface area contributed by atoms with E-state index >= 15 is 0 Å². The van der Waals surface area contributed by atoms with Crippen molar-refractivity contribution in [1.29, 1.82) is 0 Å². The first-order valence-electron chi connectivity index (χ1n) is 19.1. The molecular formula is C51H31N5O. The van der Waals surface area contributed by atoms with Gasteiger partial charge < -0.3 is 8.98 Å². The van der Waals surface area contributed by atoms with Crippen molar-refractivity contribution >= 4 is 65.6 Å². The molecule has 0 aliphatic rings. The summed E-state index contributed by atoms with van der Waals surface area (Å²) in [5, 5.41) is 6.64. The lowest BCUT2D eigenvalue weighted by atomic mass is 10.1. The van der Waals surface area contributed by atoms with Crippen molar-refractivity contribution in [2.45, 2.75) is 0 Å². The normalized spacial score (nSPS) is 11.9. The molecule has 12 rings (SSSR count). The van der Waals surface area contributed by atoms with Gasteiger partial charge in [-0.1, -0.05) is 133 Å². The Morgan fingerprint density at radius 3 is 1.65 bits per heavy atom. The number of benzene rings is 8. The summed E-state index contributed by atoms with van der Waals surface area (Å²) >= 11 is 0. The van der Waals surface area contributed by atoms with E-state index in [1.807, 2.05) is 30.3 Å². The van der Waals surface area contributed by atoms with E-state index in [1.165, 1.54) is 11.1 Å². The Morgan fingerprint density at radius 2 is 0.930 bits per heavy atom. The lowest BCUT2D eigenvalue weighted by Crippen LogP contribution is -2.06. The van der Waals surface area contributed by atoms with Crippen molar-refractivity contribution in [3.05, 3.63) is 188 Å². The summed E-state index contributed by atoms with van der Waals surface area (Å²) < 4.78 is 11.4. The van der Waals surface area contributed by atoms with Crippen LogP contribution in [0.2, 0.25) is 0 Å². The molecule has 0 aliphatic heterocycles. The van der Waals surface area contributed by atoms with Crippen LogP contribution < -0.4 is 0 Å². The third-order valence-electron chi connectivity index (χ3n) is 11.2. The number of fused-ring (bicyclic) bond motifs is 10. The molecule has 0 aliphatic carbocycles. The van der Waals surface area contributed by atoms with E-state index in [9.17, 15) is 0 Å². The summed E-state index contributed by atoms with van der Waals surface area (Å²) in [5.41, 5.74) is 11.2. The van der Waals surface area contributed by atoms with Crippen molar-refractivity contribution in [3.8, 4) is 45.5 Å². The second kappa shape index (κ2) is 12.3.